The van der Waals surface area contributed by atoms with Crippen LogP contribution in [0.3, 0.4) is 0 Å². The molecule has 0 aliphatic carbocycles. The lowest BCUT2D eigenvalue weighted by atomic mass is 10.1. The first-order valence-corrected chi connectivity index (χ1v) is 7.09. The van der Waals surface area contributed by atoms with Crippen molar-refractivity contribution in [3.8, 4) is 0 Å². The molecule has 0 aromatic carbocycles. The van der Waals surface area contributed by atoms with E-state index in [9.17, 15) is 9.59 Å². The normalized spacial score (nSPS) is 11.8. The molecule has 2 N–H and O–H groups in total. The Morgan fingerprint density at radius 2 is 2.05 bits per heavy atom. The third-order valence-corrected chi connectivity index (χ3v) is 3.07. The zero-order valence-corrected chi connectivity index (χ0v) is 12.5. The van der Waals surface area contributed by atoms with E-state index in [1.165, 1.54) is 12.3 Å². The van der Waals surface area contributed by atoms with Crippen LogP contribution in [0.15, 0.2) is 18.3 Å². The van der Waals surface area contributed by atoms with Gasteiger partial charge in [-0.3, -0.25) is 9.59 Å². The topological polar surface area (TPSA) is 71.1 Å². The van der Waals surface area contributed by atoms with Crippen molar-refractivity contribution in [3.05, 3.63) is 29.0 Å². The molecule has 1 heterocycles. The Morgan fingerprint density at radius 3 is 2.70 bits per heavy atom. The second kappa shape index (κ2) is 8.53. The lowest BCUT2D eigenvalue weighted by molar-refractivity contribution is -0.124. The zero-order chi connectivity index (χ0) is 15.0. The summed E-state index contributed by atoms with van der Waals surface area (Å²) in [6.07, 6.45) is 3.33. The highest BCUT2D eigenvalue weighted by molar-refractivity contribution is 6.29. The zero-order valence-electron chi connectivity index (χ0n) is 11.8. The van der Waals surface area contributed by atoms with Crippen LogP contribution in [-0.4, -0.2) is 29.9 Å². The number of aromatic nitrogens is 1. The molecule has 1 aromatic rings. The van der Waals surface area contributed by atoms with Crippen LogP contribution in [0, 0.1) is 5.92 Å². The molecule has 6 heteroatoms. The van der Waals surface area contributed by atoms with Gasteiger partial charge < -0.3 is 10.6 Å². The first kappa shape index (κ1) is 16.4. The smallest absolute Gasteiger partial charge is 0.251 e. The molecule has 1 aromatic heterocycles. The summed E-state index contributed by atoms with van der Waals surface area (Å²) >= 11 is 5.71. The molecule has 20 heavy (non-hydrogen) atoms. The van der Waals surface area contributed by atoms with Crippen molar-refractivity contribution in [1.82, 2.24) is 15.6 Å². The number of carbonyl (C=O) groups is 2. The third-order valence-electron chi connectivity index (χ3n) is 2.87. The second-order valence-corrected chi connectivity index (χ2v) is 4.99. The lowest BCUT2D eigenvalue weighted by Gasteiger charge is -2.11. The van der Waals surface area contributed by atoms with E-state index in [0.29, 0.717) is 18.7 Å². The summed E-state index contributed by atoms with van der Waals surface area (Å²) < 4.78 is 0. The standard InChI is InChI=1S/C14H20ClN3O2/c1-3-4-10(2)13(19)17-7-8-18-14(20)11-5-6-16-12(15)9-11/h5-6,9-10H,3-4,7-8H2,1-2H3,(H,17,19)(H,18,20). The van der Waals surface area contributed by atoms with Crippen LogP contribution in [0.25, 0.3) is 0 Å². The average Bonchev–Trinajstić information content (AvgIpc) is 2.43. The highest BCUT2D eigenvalue weighted by atomic mass is 35.5. The molecule has 0 saturated heterocycles. The molecular formula is C14H20ClN3O2. The molecule has 0 aliphatic rings. The van der Waals surface area contributed by atoms with E-state index < -0.39 is 0 Å². The number of nitrogens with zero attached hydrogens (tertiary/aromatic N) is 1. The maximum Gasteiger partial charge on any atom is 0.251 e. The number of pyridine rings is 1. The summed E-state index contributed by atoms with van der Waals surface area (Å²) in [5, 5.41) is 5.78. The Bertz CT molecular complexity index is 465. The molecule has 1 atom stereocenters. The summed E-state index contributed by atoms with van der Waals surface area (Å²) in [5.74, 6) is -0.201. The molecule has 0 fully saturated rings. The highest BCUT2D eigenvalue weighted by Gasteiger charge is 2.11. The highest BCUT2D eigenvalue weighted by Crippen LogP contribution is 2.06. The molecular weight excluding hydrogens is 278 g/mol. The van der Waals surface area contributed by atoms with Gasteiger partial charge in [0, 0.05) is 30.8 Å². The minimum atomic E-state index is -0.231. The van der Waals surface area contributed by atoms with Gasteiger partial charge in [-0.1, -0.05) is 31.9 Å². The molecule has 0 saturated carbocycles. The fourth-order valence-corrected chi connectivity index (χ4v) is 1.92. The molecule has 0 bridgehead atoms. The Morgan fingerprint density at radius 1 is 1.35 bits per heavy atom. The molecule has 1 unspecified atom stereocenters. The SMILES string of the molecule is CCCC(C)C(=O)NCCNC(=O)c1ccnc(Cl)c1. The molecule has 0 radical (unpaired) electrons. The van der Waals surface area contributed by atoms with Gasteiger partial charge in [0.15, 0.2) is 0 Å². The predicted molar refractivity (Wildman–Crippen MR) is 78.7 cm³/mol. The van der Waals surface area contributed by atoms with Gasteiger partial charge in [0.25, 0.3) is 5.91 Å². The maximum atomic E-state index is 11.8. The van der Waals surface area contributed by atoms with E-state index >= 15 is 0 Å². The number of rotatable bonds is 7. The van der Waals surface area contributed by atoms with Crippen LogP contribution in [0.1, 0.15) is 37.0 Å². The van der Waals surface area contributed by atoms with Gasteiger partial charge in [-0.15, -0.1) is 0 Å². The van der Waals surface area contributed by atoms with Crippen molar-refractivity contribution in [2.24, 2.45) is 5.92 Å². The monoisotopic (exact) mass is 297 g/mol. The number of carbonyl (C=O) groups excluding carboxylic acids is 2. The maximum absolute atomic E-state index is 11.8. The van der Waals surface area contributed by atoms with Crippen LogP contribution < -0.4 is 10.6 Å². The lowest BCUT2D eigenvalue weighted by Crippen LogP contribution is -2.37. The van der Waals surface area contributed by atoms with Gasteiger partial charge in [-0.25, -0.2) is 4.98 Å². The Labute approximate surface area is 124 Å². The van der Waals surface area contributed by atoms with E-state index in [1.54, 1.807) is 6.07 Å². The van der Waals surface area contributed by atoms with Crippen molar-refractivity contribution in [2.75, 3.05) is 13.1 Å². The number of halogens is 1. The minimum absolute atomic E-state index is 0.00899. The first-order valence-electron chi connectivity index (χ1n) is 6.72. The van der Waals surface area contributed by atoms with E-state index in [-0.39, 0.29) is 22.9 Å². The Hall–Kier alpha value is -1.62. The van der Waals surface area contributed by atoms with Gasteiger partial charge in [0.2, 0.25) is 5.91 Å². The van der Waals surface area contributed by atoms with Crippen LogP contribution in [0.5, 0.6) is 0 Å². The van der Waals surface area contributed by atoms with Crippen molar-refractivity contribution in [3.63, 3.8) is 0 Å². The summed E-state index contributed by atoms with van der Waals surface area (Å²) in [5.41, 5.74) is 0.454. The largest absolute Gasteiger partial charge is 0.354 e. The summed E-state index contributed by atoms with van der Waals surface area (Å²) in [6, 6.07) is 3.09. The number of hydrogen-bond donors (Lipinski definition) is 2. The van der Waals surface area contributed by atoms with E-state index in [0.717, 1.165) is 12.8 Å². The van der Waals surface area contributed by atoms with Crippen LogP contribution in [-0.2, 0) is 4.79 Å². The minimum Gasteiger partial charge on any atom is -0.354 e. The summed E-state index contributed by atoms with van der Waals surface area (Å²) in [7, 11) is 0. The van der Waals surface area contributed by atoms with Crippen LogP contribution in [0.4, 0.5) is 0 Å². The fourth-order valence-electron chi connectivity index (χ4n) is 1.75. The molecule has 110 valence electrons. The van der Waals surface area contributed by atoms with Gasteiger partial charge in [-0.2, -0.15) is 0 Å². The molecule has 1 rings (SSSR count). The predicted octanol–water partition coefficient (Wildman–Crippen LogP) is 2.02. The van der Waals surface area contributed by atoms with E-state index in [2.05, 4.69) is 15.6 Å². The van der Waals surface area contributed by atoms with Gasteiger partial charge in [0.1, 0.15) is 5.15 Å². The molecule has 2 amide bonds. The Balaban J connectivity index is 2.27. The first-order chi connectivity index (χ1) is 9.54. The van der Waals surface area contributed by atoms with Gasteiger partial charge >= 0.3 is 0 Å². The van der Waals surface area contributed by atoms with E-state index in [1.807, 2.05) is 13.8 Å². The number of hydrogen-bond acceptors (Lipinski definition) is 3. The van der Waals surface area contributed by atoms with Crippen molar-refractivity contribution in [2.45, 2.75) is 26.7 Å². The van der Waals surface area contributed by atoms with E-state index in [4.69, 9.17) is 11.6 Å². The van der Waals surface area contributed by atoms with Gasteiger partial charge in [0.05, 0.1) is 0 Å². The van der Waals surface area contributed by atoms with Crippen LogP contribution >= 0.6 is 11.6 Å². The molecule has 0 aliphatic heterocycles. The number of amides is 2. The Kier molecular flexibility index (Phi) is 7.01. The molecule has 0 spiro atoms. The van der Waals surface area contributed by atoms with Gasteiger partial charge in [-0.05, 0) is 18.6 Å². The fraction of sp³-hybridized carbons (Fsp3) is 0.500. The second-order valence-electron chi connectivity index (χ2n) is 4.60. The number of nitrogens with one attached hydrogen (secondary N) is 2. The van der Waals surface area contributed by atoms with Crippen molar-refractivity contribution in [1.29, 1.82) is 0 Å². The summed E-state index contributed by atoms with van der Waals surface area (Å²) in [4.78, 5) is 27.2. The average molecular weight is 298 g/mol. The third kappa shape index (κ3) is 5.57. The quantitative estimate of drug-likeness (QED) is 0.597. The summed E-state index contributed by atoms with van der Waals surface area (Å²) in [6.45, 7) is 4.74. The molecule has 5 nitrogen and oxygen atoms in total. The van der Waals surface area contributed by atoms with Crippen molar-refractivity contribution < 1.29 is 9.59 Å². The van der Waals surface area contributed by atoms with Crippen LogP contribution in [0.2, 0.25) is 5.15 Å². The van der Waals surface area contributed by atoms with Crippen molar-refractivity contribution >= 4 is 23.4 Å².